The topological polar surface area (TPSA) is 103 Å². The molecule has 0 radical (unpaired) electrons. The lowest BCUT2D eigenvalue weighted by Gasteiger charge is -2.05. The second kappa shape index (κ2) is 7.30. The van der Waals surface area contributed by atoms with Crippen LogP contribution in [0.25, 0.3) is 11.4 Å². The maximum absolute atomic E-state index is 12.8. The van der Waals surface area contributed by atoms with Gasteiger partial charge < -0.3 is 9.72 Å². The average molecular weight is 353 g/mol. The van der Waals surface area contributed by atoms with Crippen molar-refractivity contribution >= 4 is 11.8 Å². The summed E-state index contributed by atoms with van der Waals surface area (Å²) in [6.45, 7) is 5.31. The Morgan fingerprint density at radius 3 is 2.50 bits per heavy atom. The number of hydrogen-bond acceptors (Lipinski definition) is 6. The highest BCUT2D eigenvalue weighted by Gasteiger charge is 2.26. The number of tetrazole rings is 1. The Hall–Kier alpha value is -3.29. The minimum Gasteiger partial charge on any atom is -0.462 e. The summed E-state index contributed by atoms with van der Waals surface area (Å²) in [5.74, 6) is -0.368. The molecular formula is C18H19N5O3. The number of esters is 1. The van der Waals surface area contributed by atoms with Crippen molar-refractivity contribution < 1.29 is 14.3 Å². The van der Waals surface area contributed by atoms with Gasteiger partial charge in [0.1, 0.15) is 6.54 Å². The number of Topliss-reactive ketones (excluding diaryl/α,β-unsaturated/α-hetero) is 1. The van der Waals surface area contributed by atoms with Crippen LogP contribution >= 0.6 is 0 Å². The van der Waals surface area contributed by atoms with E-state index in [1.807, 2.05) is 30.3 Å². The number of carbonyl (C=O) groups is 2. The third-order valence-electron chi connectivity index (χ3n) is 3.90. The van der Waals surface area contributed by atoms with Gasteiger partial charge in [0.15, 0.2) is 5.78 Å². The molecule has 134 valence electrons. The summed E-state index contributed by atoms with van der Waals surface area (Å²) in [6, 6.07) is 9.37. The summed E-state index contributed by atoms with van der Waals surface area (Å²) in [5, 5.41) is 12.2. The maximum atomic E-state index is 12.8. The molecule has 8 nitrogen and oxygen atoms in total. The Bertz CT molecular complexity index is 943. The predicted octanol–water partition coefficient (Wildman–Crippen LogP) is 2.34. The lowest BCUT2D eigenvalue weighted by Crippen LogP contribution is -2.17. The molecular weight excluding hydrogens is 334 g/mol. The van der Waals surface area contributed by atoms with E-state index in [9.17, 15) is 9.59 Å². The standard InChI is InChI=1S/C18H19N5O3/c1-4-26-18(25)16-12(3)19-11(2)15(16)14(24)10-23-21-17(20-22-23)13-8-6-5-7-9-13/h5-9,19H,4,10H2,1-3H3. The molecule has 0 unspecified atom stereocenters. The van der Waals surface area contributed by atoms with Crippen LogP contribution in [0.15, 0.2) is 30.3 Å². The number of H-pyrrole nitrogens is 1. The molecule has 0 fully saturated rings. The van der Waals surface area contributed by atoms with Crippen molar-refractivity contribution in [2.45, 2.75) is 27.3 Å². The Morgan fingerprint density at radius 2 is 1.81 bits per heavy atom. The van der Waals surface area contributed by atoms with Crippen LogP contribution in [-0.2, 0) is 11.3 Å². The first-order valence-corrected chi connectivity index (χ1v) is 8.24. The first-order valence-electron chi connectivity index (χ1n) is 8.24. The number of ketones is 1. The van der Waals surface area contributed by atoms with Gasteiger partial charge in [0.05, 0.1) is 17.7 Å². The molecule has 0 aliphatic heterocycles. The minimum atomic E-state index is -0.519. The molecule has 0 amide bonds. The van der Waals surface area contributed by atoms with Crippen LogP contribution in [0.5, 0.6) is 0 Å². The fourth-order valence-electron chi connectivity index (χ4n) is 2.81. The first-order chi connectivity index (χ1) is 12.5. The van der Waals surface area contributed by atoms with E-state index in [1.54, 1.807) is 20.8 Å². The van der Waals surface area contributed by atoms with Crippen molar-refractivity contribution in [3.05, 3.63) is 52.8 Å². The van der Waals surface area contributed by atoms with E-state index in [1.165, 1.54) is 4.80 Å². The Morgan fingerprint density at radius 1 is 1.12 bits per heavy atom. The fourth-order valence-corrected chi connectivity index (χ4v) is 2.81. The van der Waals surface area contributed by atoms with Crippen molar-refractivity contribution in [1.82, 2.24) is 25.2 Å². The highest BCUT2D eigenvalue weighted by molar-refractivity contribution is 6.08. The van der Waals surface area contributed by atoms with Crippen molar-refractivity contribution in [3.63, 3.8) is 0 Å². The van der Waals surface area contributed by atoms with Crippen molar-refractivity contribution in [1.29, 1.82) is 0 Å². The number of rotatable bonds is 6. The Kier molecular flexibility index (Phi) is 4.92. The molecule has 0 atom stereocenters. The van der Waals surface area contributed by atoms with Crippen LogP contribution in [0.1, 0.15) is 39.0 Å². The summed E-state index contributed by atoms with van der Waals surface area (Å²) >= 11 is 0. The van der Waals surface area contributed by atoms with E-state index in [0.29, 0.717) is 22.8 Å². The van der Waals surface area contributed by atoms with Gasteiger partial charge in [0, 0.05) is 17.0 Å². The monoisotopic (exact) mass is 353 g/mol. The molecule has 3 aromatic rings. The van der Waals surface area contributed by atoms with E-state index in [4.69, 9.17) is 4.74 Å². The molecule has 0 aliphatic carbocycles. The molecule has 1 N–H and O–H groups in total. The van der Waals surface area contributed by atoms with Crippen LogP contribution in [0, 0.1) is 13.8 Å². The second-order valence-corrected chi connectivity index (χ2v) is 5.78. The highest BCUT2D eigenvalue weighted by atomic mass is 16.5. The second-order valence-electron chi connectivity index (χ2n) is 5.78. The van der Waals surface area contributed by atoms with Gasteiger partial charge in [0.2, 0.25) is 5.82 Å². The number of nitrogens with one attached hydrogen (secondary N) is 1. The molecule has 2 heterocycles. The Labute approximate surface area is 150 Å². The number of aromatic amines is 1. The first kappa shape index (κ1) is 17.5. The molecule has 1 aromatic carbocycles. The molecule has 0 aliphatic rings. The van der Waals surface area contributed by atoms with Gasteiger partial charge >= 0.3 is 5.97 Å². The zero-order valence-corrected chi connectivity index (χ0v) is 14.8. The van der Waals surface area contributed by atoms with Crippen LogP contribution in [0.3, 0.4) is 0 Å². The number of hydrogen-bond donors (Lipinski definition) is 1. The molecule has 0 bridgehead atoms. The van der Waals surface area contributed by atoms with Gasteiger partial charge in [-0.2, -0.15) is 4.80 Å². The van der Waals surface area contributed by atoms with Gasteiger partial charge in [-0.15, -0.1) is 10.2 Å². The Balaban J connectivity index is 1.85. The lowest BCUT2D eigenvalue weighted by molar-refractivity contribution is 0.0522. The number of aromatic nitrogens is 5. The van der Waals surface area contributed by atoms with Crippen LogP contribution in [-0.4, -0.2) is 43.6 Å². The van der Waals surface area contributed by atoms with Gasteiger partial charge in [-0.05, 0) is 26.0 Å². The van der Waals surface area contributed by atoms with E-state index in [-0.39, 0.29) is 24.5 Å². The van der Waals surface area contributed by atoms with Crippen LogP contribution < -0.4 is 0 Å². The largest absolute Gasteiger partial charge is 0.462 e. The molecule has 3 rings (SSSR count). The molecule has 8 heteroatoms. The van der Waals surface area contributed by atoms with Gasteiger partial charge in [-0.25, -0.2) is 4.79 Å². The lowest BCUT2D eigenvalue weighted by atomic mass is 10.0. The molecule has 2 aromatic heterocycles. The summed E-state index contributed by atoms with van der Waals surface area (Å²) in [6.07, 6.45) is 0. The molecule has 0 spiro atoms. The number of nitrogens with zero attached hydrogens (tertiary/aromatic N) is 4. The predicted molar refractivity (Wildman–Crippen MR) is 93.8 cm³/mol. The van der Waals surface area contributed by atoms with Crippen LogP contribution in [0.4, 0.5) is 0 Å². The van der Waals surface area contributed by atoms with Crippen molar-refractivity contribution in [2.75, 3.05) is 6.61 Å². The minimum absolute atomic E-state index is 0.121. The number of ether oxygens (including phenoxy) is 1. The van der Waals surface area contributed by atoms with Gasteiger partial charge in [-0.1, -0.05) is 30.3 Å². The highest BCUT2D eigenvalue weighted by Crippen LogP contribution is 2.21. The van der Waals surface area contributed by atoms with Crippen molar-refractivity contribution in [2.24, 2.45) is 0 Å². The number of carbonyl (C=O) groups excluding carboxylic acids is 2. The van der Waals surface area contributed by atoms with Gasteiger partial charge in [0.25, 0.3) is 0 Å². The fraction of sp³-hybridized carbons (Fsp3) is 0.278. The smallest absolute Gasteiger partial charge is 0.340 e. The summed E-state index contributed by atoms with van der Waals surface area (Å²) < 4.78 is 5.06. The third kappa shape index (κ3) is 3.39. The quantitative estimate of drug-likeness (QED) is 0.539. The summed E-state index contributed by atoms with van der Waals surface area (Å²) in [4.78, 5) is 29.2. The van der Waals surface area contributed by atoms with Gasteiger partial charge in [-0.3, -0.25) is 4.79 Å². The third-order valence-corrected chi connectivity index (χ3v) is 3.90. The van der Waals surface area contributed by atoms with Crippen LogP contribution in [0.2, 0.25) is 0 Å². The summed E-state index contributed by atoms with van der Waals surface area (Å²) in [5.41, 5.74) is 2.59. The summed E-state index contributed by atoms with van der Waals surface area (Å²) in [7, 11) is 0. The van der Waals surface area contributed by atoms with E-state index in [0.717, 1.165) is 5.56 Å². The van der Waals surface area contributed by atoms with E-state index >= 15 is 0 Å². The van der Waals surface area contributed by atoms with Crippen molar-refractivity contribution in [3.8, 4) is 11.4 Å². The normalized spacial score (nSPS) is 10.7. The number of aryl methyl sites for hydroxylation is 2. The molecule has 26 heavy (non-hydrogen) atoms. The zero-order valence-electron chi connectivity index (χ0n) is 14.8. The molecule has 0 saturated heterocycles. The SMILES string of the molecule is CCOC(=O)c1c(C)[nH]c(C)c1C(=O)Cn1nnc(-c2ccccc2)n1. The number of benzene rings is 1. The molecule has 0 saturated carbocycles. The zero-order chi connectivity index (χ0) is 18.7. The maximum Gasteiger partial charge on any atom is 0.340 e. The average Bonchev–Trinajstić information content (AvgIpc) is 3.19. The van der Waals surface area contributed by atoms with E-state index < -0.39 is 5.97 Å². The van der Waals surface area contributed by atoms with E-state index in [2.05, 4.69) is 20.4 Å².